The van der Waals surface area contributed by atoms with E-state index in [9.17, 15) is 9.59 Å². The van der Waals surface area contributed by atoms with E-state index < -0.39 is 17.4 Å². The molecule has 0 aliphatic heterocycles. The first-order chi connectivity index (χ1) is 10.4. The van der Waals surface area contributed by atoms with Gasteiger partial charge in [0.15, 0.2) is 0 Å². The second-order valence-electron chi connectivity index (χ2n) is 5.93. The van der Waals surface area contributed by atoms with Crippen molar-refractivity contribution in [3.05, 3.63) is 40.8 Å². The van der Waals surface area contributed by atoms with Crippen molar-refractivity contribution in [1.82, 2.24) is 20.4 Å². The van der Waals surface area contributed by atoms with Gasteiger partial charge in [-0.1, -0.05) is 6.07 Å². The average Bonchev–Trinajstić information content (AvgIpc) is 3.09. The van der Waals surface area contributed by atoms with Gasteiger partial charge in [-0.2, -0.15) is 5.10 Å². The zero-order chi connectivity index (χ0) is 16.2. The quantitative estimate of drug-likeness (QED) is 0.840. The summed E-state index contributed by atoms with van der Waals surface area (Å²) >= 11 is 1.59. The van der Waals surface area contributed by atoms with Gasteiger partial charge in [0.1, 0.15) is 6.04 Å². The van der Waals surface area contributed by atoms with E-state index in [1.54, 1.807) is 22.2 Å². The number of carbonyl (C=O) groups is 2. The fourth-order valence-corrected chi connectivity index (χ4v) is 2.76. The van der Waals surface area contributed by atoms with Gasteiger partial charge >= 0.3 is 11.8 Å². The van der Waals surface area contributed by atoms with E-state index in [1.807, 2.05) is 50.5 Å². The molecule has 0 aliphatic carbocycles. The molecule has 0 radical (unpaired) electrons. The van der Waals surface area contributed by atoms with Crippen LogP contribution < -0.4 is 10.6 Å². The van der Waals surface area contributed by atoms with Gasteiger partial charge in [0.05, 0.1) is 0 Å². The van der Waals surface area contributed by atoms with Gasteiger partial charge < -0.3 is 10.6 Å². The molecule has 0 aliphatic rings. The molecule has 7 heteroatoms. The van der Waals surface area contributed by atoms with E-state index in [4.69, 9.17) is 0 Å². The summed E-state index contributed by atoms with van der Waals surface area (Å²) in [6.45, 7) is 5.79. The Labute approximate surface area is 133 Å². The molecule has 2 amide bonds. The molecule has 1 atom stereocenters. The number of hydrogen-bond donors (Lipinski definition) is 2. The fraction of sp³-hybridized carbons (Fsp3) is 0.400. The highest BCUT2D eigenvalue weighted by atomic mass is 32.1. The Morgan fingerprint density at radius 1 is 1.32 bits per heavy atom. The number of hydrogen-bond acceptors (Lipinski definition) is 4. The summed E-state index contributed by atoms with van der Waals surface area (Å²) in [6, 6.07) is 5.64. The van der Waals surface area contributed by atoms with Crippen molar-refractivity contribution >= 4 is 23.2 Å². The van der Waals surface area contributed by atoms with E-state index in [0.717, 1.165) is 4.88 Å². The maximum atomic E-state index is 11.9. The van der Waals surface area contributed by atoms with Gasteiger partial charge in [0.2, 0.25) is 0 Å². The van der Waals surface area contributed by atoms with Crippen LogP contribution in [-0.2, 0) is 9.59 Å². The number of carbonyl (C=O) groups excluding carboxylic acids is 2. The minimum absolute atomic E-state index is 0.124. The van der Waals surface area contributed by atoms with Crippen LogP contribution in [0.15, 0.2) is 36.0 Å². The highest BCUT2D eigenvalue weighted by Gasteiger charge is 2.22. The Morgan fingerprint density at radius 3 is 2.64 bits per heavy atom. The Balaban J connectivity index is 2.01. The van der Waals surface area contributed by atoms with Crippen LogP contribution in [0.3, 0.4) is 0 Å². The van der Waals surface area contributed by atoms with Crippen molar-refractivity contribution in [3.8, 4) is 0 Å². The summed E-state index contributed by atoms with van der Waals surface area (Å²) in [4.78, 5) is 24.8. The van der Waals surface area contributed by atoms with Gasteiger partial charge in [-0.15, -0.1) is 11.3 Å². The van der Waals surface area contributed by atoms with Crippen LogP contribution in [0.1, 0.15) is 31.7 Å². The second kappa shape index (κ2) is 6.74. The van der Waals surface area contributed by atoms with E-state index >= 15 is 0 Å². The molecule has 2 rings (SSSR count). The van der Waals surface area contributed by atoms with Crippen molar-refractivity contribution in [1.29, 1.82) is 0 Å². The maximum Gasteiger partial charge on any atom is 0.309 e. The Bertz CT molecular complexity index is 580. The molecule has 2 N–H and O–H groups in total. The molecule has 1 unspecified atom stereocenters. The minimum Gasteiger partial charge on any atom is -0.345 e. The van der Waals surface area contributed by atoms with E-state index in [-0.39, 0.29) is 6.04 Å². The summed E-state index contributed by atoms with van der Waals surface area (Å²) in [7, 11) is 0. The van der Waals surface area contributed by atoms with Gasteiger partial charge in [-0.05, 0) is 38.3 Å². The van der Waals surface area contributed by atoms with Gasteiger partial charge in [0.25, 0.3) is 0 Å². The lowest BCUT2D eigenvalue weighted by Gasteiger charge is -2.21. The van der Waals surface area contributed by atoms with E-state index in [2.05, 4.69) is 15.7 Å². The monoisotopic (exact) mass is 320 g/mol. The molecule has 2 aromatic rings. The smallest absolute Gasteiger partial charge is 0.309 e. The minimum atomic E-state index is -0.636. The zero-order valence-electron chi connectivity index (χ0n) is 12.9. The van der Waals surface area contributed by atoms with Gasteiger partial charge in [-0.25, -0.2) is 0 Å². The molecule has 22 heavy (non-hydrogen) atoms. The van der Waals surface area contributed by atoms with Crippen LogP contribution in [0.5, 0.6) is 0 Å². The van der Waals surface area contributed by atoms with Crippen LogP contribution in [0.4, 0.5) is 0 Å². The molecule has 6 nitrogen and oxygen atoms in total. The number of nitrogens with one attached hydrogen (secondary N) is 2. The average molecular weight is 320 g/mol. The molecular weight excluding hydrogens is 300 g/mol. The zero-order valence-corrected chi connectivity index (χ0v) is 13.7. The third kappa shape index (κ3) is 4.42. The Hall–Kier alpha value is -2.15. The Kier molecular flexibility index (Phi) is 4.97. The lowest BCUT2D eigenvalue weighted by atomic mass is 10.1. The SMILES string of the molecule is CC(C)(C)NC(=O)C(=O)NCC(c1cccs1)n1cccn1. The summed E-state index contributed by atoms with van der Waals surface area (Å²) in [5.41, 5.74) is -0.441. The summed E-state index contributed by atoms with van der Waals surface area (Å²) in [5, 5.41) is 11.5. The molecule has 0 bridgehead atoms. The van der Waals surface area contributed by atoms with Crippen LogP contribution in [0.25, 0.3) is 0 Å². The normalized spacial score (nSPS) is 12.7. The van der Waals surface area contributed by atoms with E-state index in [1.165, 1.54) is 0 Å². The van der Waals surface area contributed by atoms with Crippen LogP contribution in [-0.4, -0.2) is 33.7 Å². The summed E-state index contributed by atoms with van der Waals surface area (Å²) < 4.78 is 1.77. The molecular formula is C15H20N4O2S. The van der Waals surface area contributed by atoms with Crippen molar-refractivity contribution in [2.75, 3.05) is 6.54 Å². The number of thiophene rings is 1. The highest BCUT2D eigenvalue weighted by Crippen LogP contribution is 2.21. The first-order valence-electron chi connectivity index (χ1n) is 7.00. The largest absolute Gasteiger partial charge is 0.345 e. The molecule has 0 spiro atoms. The predicted octanol–water partition coefficient (Wildman–Crippen LogP) is 1.56. The van der Waals surface area contributed by atoms with Crippen molar-refractivity contribution in [3.63, 3.8) is 0 Å². The molecule has 118 valence electrons. The third-order valence-corrected chi connectivity index (χ3v) is 3.84. The number of nitrogens with zero attached hydrogens (tertiary/aromatic N) is 2. The van der Waals surface area contributed by atoms with Crippen molar-refractivity contribution in [2.24, 2.45) is 0 Å². The summed E-state index contributed by atoms with van der Waals surface area (Å²) in [5.74, 6) is -1.26. The molecule has 0 fully saturated rings. The Morgan fingerprint density at radius 2 is 2.09 bits per heavy atom. The lowest BCUT2D eigenvalue weighted by molar-refractivity contribution is -0.140. The second-order valence-corrected chi connectivity index (χ2v) is 6.91. The number of aromatic nitrogens is 2. The predicted molar refractivity (Wildman–Crippen MR) is 85.6 cm³/mol. The van der Waals surface area contributed by atoms with Crippen LogP contribution >= 0.6 is 11.3 Å². The molecule has 2 heterocycles. The fourth-order valence-electron chi connectivity index (χ4n) is 1.94. The maximum absolute atomic E-state index is 11.9. The first kappa shape index (κ1) is 16.2. The molecule has 2 aromatic heterocycles. The lowest BCUT2D eigenvalue weighted by Crippen LogP contribution is -2.49. The molecule has 0 saturated heterocycles. The first-order valence-corrected chi connectivity index (χ1v) is 7.87. The van der Waals surface area contributed by atoms with Crippen molar-refractivity contribution < 1.29 is 9.59 Å². The van der Waals surface area contributed by atoms with Gasteiger partial charge in [-0.3, -0.25) is 14.3 Å². The van der Waals surface area contributed by atoms with Crippen molar-refractivity contribution in [2.45, 2.75) is 32.4 Å². The molecule has 0 saturated carbocycles. The summed E-state index contributed by atoms with van der Waals surface area (Å²) in [6.07, 6.45) is 3.53. The van der Waals surface area contributed by atoms with E-state index in [0.29, 0.717) is 6.54 Å². The van der Waals surface area contributed by atoms with Crippen LogP contribution in [0, 0.1) is 0 Å². The number of rotatable bonds is 4. The molecule has 0 aromatic carbocycles. The highest BCUT2D eigenvalue weighted by molar-refractivity contribution is 7.10. The van der Waals surface area contributed by atoms with Crippen LogP contribution in [0.2, 0.25) is 0 Å². The van der Waals surface area contributed by atoms with Gasteiger partial charge in [0, 0.05) is 29.4 Å². The standard InChI is InChI=1S/C15H20N4O2S/c1-15(2,3)18-14(21)13(20)16-10-11(12-6-4-9-22-12)19-8-5-7-17-19/h4-9,11H,10H2,1-3H3,(H,16,20)(H,18,21). The third-order valence-electron chi connectivity index (χ3n) is 2.87. The number of amides is 2. The topological polar surface area (TPSA) is 76.0 Å².